The van der Waals surface area contributed by atoms with E-state index in [1.54, 1.807) is 5.38 Å². The summed E-state index contributed by atoms with van der Waals surface area (Å²) < 4.78 is 38.5. The second-order valence-corrected chi connectivity index (χ2v) is 5.04. The van der Waals surface area contributed by atoms with Crippen molar-refractivity contribution in [1.82, 2.24) is 4.98 Å². The zero-order chi connectivity index (χ0) is 11.8. The molecule has 2 unspecified atom stereocenters. The lowest BCUT2D eigenvalue weighted by Gasteiger charge is -2.31. The van der Waals surface area contributed by atoms with Crippen molar-refractivity contribution in [3.8, 4) is 0 Å². The summed E-state index contributed by atoms with van der Waals surface area (Å²) in [6.07, 6.45) is -1.85. The SMILES string of the molecule is Nc1nc(C2CCCCC2C(F)(F)F)cs1. The van der Waals surface area contributed by atoms with Gasteiger partial charge in [0.25, 0.3) is 0 Å². The Bertz CT molecular complexity index is 361. The molecule has 1 aliphatic carbocycles. The molecule has 1 aromatic rings. The third kappa shape index (κ3) is 2.31. The van der Waals surface area contributed by atoms with E-state index in [2.05, 4.69) is 4.98 Å². The highest BCUT2D eigenvalue weighted by molar-refractivity contribution is 7.13. The molecule has 0 spiro atoms. The average Bonchev–Trinajstić information content (AvgIpc) is 2.64. The molecule has 2 atom stereocenters. The summed E-state index contributed by atoms with van der Waals surface area (Å²) in [6, 6.07) is 0. The van der Waals surface area contributed by atoms with Crippen molar-refractivity contribution in [2.24, 2.45) is 5.92 Å². The Morgan fingerprint density at radius 3 is 2.56 bits per heavy atom. The molecule has 2 rings (SSSR count). The lowest BCUT2D eigenvalue weighted by molar-refractivity contribution is -0.187. The molecule has 6 heteroatoms. The van der Waals surface area contributed by atoms with E-state index in [-0.39, 0.29) is 6.42 Å². The van der Waals surface area contributed by atoms with Crippen LogP contribution in [0.15, 0.2) is 5.38 Å². The predicted molar refractivity (Wildman–Crippen MR) is 57.3 cm³/mol. The number of rotatable bonds is 1. The zero-order valence-electron chi connectivity index (χ0n) is 8.63. The van der Waals surface area contributed by atoms with Gasteiger partial charge < -0.3 is 5.73 Å². The van der Waals surface area contributed by atoms with Gasteiger partial charge in [-0.05, 0) is 12.8 Å². The van der Waals surface area contributed by atoms with Crippen LogP contribution >= 0.6 is 11.3 Å². The Hall–Kier alpha value is -0.780. The minimum absolute atomic E-state index is 0.214. The number of hydrogen-bond acceptors (Lipinski definition) is 3. The first-order valence-corrected chi connectivity index (χ1v) is 6.14. The molecule has 0 radical (unpaired) electrons. The molecule has 1 fully saturated rings. The summed E-state index contributed by atoms with van der Waals surface area (Å²) >= 11 is 1.21. The van der Waals surface area contributed by atoms with Crippen LogP contribution in [0, 0.1) is 5.92 Å². The zero-order valence-corrected chi connectivity index (χ0v) is 9.44. The van der Waals surface area contributed by atoms with Crippen LogP contribution in [-0.4, -0.2) is 11.2 Å². The monoisotopic (exact) mass is 250 g/mol. The highest BCUT2D eigenvalue weighted by Gasteiger charge is 2.46. The number of nitrogens with two attached hydrogens (primary N) is 1. The number of anilines is 1. The molecule has 0 aliphatic heterocycles. The maximum absolute atomic E-state index is 12.8. The van der Waals surface area contributed by atoms with Gasteiger partial charge in [0.1, 0.15) is 0 Å². The fourth-order valence-electron chi connectivity index (χ4n) is 2.35. The summed E-state index contributed by atoms with van der Waals surface area (Å²) in [7, 11) is 0. The molecule has 90 valence electrons. The summed E-state index contributed by atoms with van der Waals surface area (Å²) in [5, 5.41) is 2.01. The van der Waals surface area contributed by atoms with Gasteiger partial charge >= 0.3 is 6.18 Å². The lowest BCUT2D eigenvalue weighted by Crippen LogP contribution is -2.31. The Balaban J connectivity index is 2.23. The Morgan fingerprint density at radius 2 is 2.00 bits per heavy atom. The Morgan fingerprint density at radius 1 is 1.31 bits per heavy atom. The molecule has 0 aromatic carbocycles. The van der Waals surface area contributed by atoms with Crippen molar-refractivity contribution in [3.05, 3.63) is 11.1 Å². The van der Waals surface area contributed by atoms with Crippen LogP contribution in [-0.2, 0) is 0 Å². The fraction of sp³-hybridized carbons (Fsp3) is 0.700. The van der Waals surface area contributed by atoms with E-state index in [1.165, 1.54) is 11.3 Å². The molecule has 1 aromatic heterocycles. The van der Waals surface area contributed by atoms with Gasteiger partial charge in [-0.25, -0.2) is 4.98 Å². The molecule has 1 saturated carbocycles. The standard InChI is InChI=1S/C10H13F3N2S/c11-10(12,13)7-4-2-1-3-6(7)8-5-16-9(14)15-8/h5-7H,1-4H2,(H2,14,15). The molecule has 2 N–H and O–H groups in total. The quantitative estimate of drug-likeness (QED) is 0.827. The molecule has 16 heavy (non-hydrogen) atoms. The molecular weight excluding hydrogens is 237 g/mol. The third-order valence-corrected chi connectivity index (χ3v) is 3.80. The van der Waals surface area contributed by atoms with Gasteiger partial charge in [-0.15, -0.1) is 11.3 Å². The summed E-state index contributed by atoms with van der Waals surface area (Å²) in [6.45, 7) is 0. The van der Waals surface area contributed by atoms with Gasteiger partial charge in [0, 0.05) is 11.3 Å². The van der Waals surface area contributed by atoms with Crippen molar-refractivity contribution in [1.29, 1.82) is 0 Å². The van der Waals surface area contributed by atoms with E-state index in [1.807, 2.05) is 0 Å². The maximum Gasteiger partial charge on any atom is 0.392 e. The number of halogens is 3. The summed E-state index contributed by atoms with van der Waals surface area (Å²) in [5.41, 5.74) is 5.98. The van der Waals surface area contributed by atoms with Gasteiger partial charge in [-0.1, -0.05) is 12.8 Å². The highest BCUT2D eigenvalue weighted by atomic mass is 32.1. The second-order valence-electron chi connectivity index (χ2n) is 4.15. The molecule has 1 aliphatic rings. The van der Waals surface area contributed by atoms with Gasteiger partial charge in [0.2, 0.25) is 0 Å². The van der Waals surface area contributed by atoms with Crippen LogP contribution < -0.4 is 5.73 Å². The van der Waals surface area contributed by atoms with E-state index >= 15 is 0 Å². The first kappa shape index (κ1) is 11.7. The van der Waals surface area contributed by atoms with E-state index in [0.29, 0.717) is 23.7 Å². The topological polar surface area (TPSA) is 38.9 Å². The molecule has 0 amide bonds. The predicted octanol–water partition coefficient (Wildman–Crippen LogP) is 3.56. The number of alkyl halides is 3. The van der Waals surface area contributed by atoms with E-state index in [0.717, 1.165) is 6.42 Å². The first-order chi connectivity index (χ1) is 7.48. The van der Waals surface area contributed by atoms with Crippen molar-refractivity contribution >= 4 is 16.5 Å². The van der Waals surface area contributed by atoms with Gasteiger partial charge in [-0.2, -0.15) is 13.2 Å². The molecule has 1 heterocycles. The molecule has 0 bridgehead atoms. The van der Waals surface area contributed by atoms with Gasteiger partial charge in [0.15, 0.2) is 5.13 Å². The fourth-order valence-corrected chi connectivity index (χ4v) is 2.97. The summed E-state index contributed by atoms with van der Waals surface area (Å²) in [5.74, 6) is -1.75. The Labute approximate surface area is 95.7 Å². The van der Waals surface area contributed by atoms with Crippen LogP contribution in [0.3, 0.4) is 0 Å². The number of nitrogen functional groups attached to an aromatic ring is 1. The second kappa shape index (κ2) is 4.24. The molecular formula is C10H13F3N2S. The van der Waals surface area contributed by atoms with Crippen LogP contribution in [0.1, 0.15) is 37.3 Å². The van der Waals surface area contributed by atoms with Crippen LogP contribution in [0.25, 0.3) is 0 Å². The van der Waals surface area contributed by atoms with Crippen LogP contribution in [0.2, 0.25) is 0 Å². The molecule has 2 nitrogen and oxygen atoms in total. The van der Waals surface area contributed by atoms with Crippen LogP contribution in [0.4, 0.5) is 18.3 Å². The average molecular weight is 250 g/mol. The molecule has 0 saturated heterocycles. The minimum atomic E-state index is -4.12. The van der Waals surface area contributed by atoms with Gasteiger partial charge in [0.05, 0.1) is 11.6 Å². The number of aromatic nitrogens is 1. The van der Waals surface area contributed by atoms with Crippen molar-refractivity contribution in [2.75, 3.05) is 5.73 Å². The van der Waals surface area contributed by atoms with Gasteiger partial charge in [-0.3, -0.25) is 0 Å². The normalized spacial score (nSPS) is 26.9. The van der Waals surface area contributed by atoms with E-state index in [4.69, 9.17) is 5.73 Å². The number of hydrogen-bond donors (Lipinski definition) is 1. The summed E-state index contributed by atoms with van der Waals surface area (Å²) in [4.78, 5) is 3.99. The van der Waals surface area contributed by atoms with Crippen molar-refractivity contribution in [3.63, 3.8) is 0 Å². The van der Waals surface area contributed by atoms with Crippen molar-refractivity contribution in [2.45, 2.75) is 37.8 Å². The van der Waals surface area contributed by atoms with Crippen LogP contribution in [0.5, 0.6) is 0 Å². The Kier molecular flexibility index (Phi) is 3.10. The number of thiazole rings is 1. The number of nitrogens with zero attached hydrogens (tertiary/aromatic N) is 1. The minimum Gasteiger partial charge on any atom is -0.375 e. The first-order valence-electron chi connectivity index (χ1n) is 5.26. The van der Waals surface area contributed by atoms with E-state index in [9.17, 15) is 13.2 Å². The largest absolute Gasteiger partial charge is 0.392 e. The smallest absolute Gasteiger partial charge is 0.375 e. The van der Waals surface area contributed by atoms with Crippen molar-refractivity contribution < 1.29 is 13.2 Å². The maximum atomic E-state index is 12.8. The third-order valence-electron chi connectivity index (χ3n) is 3.11. The lowest BCUT2D eigenvalue weighted by atomic mass is 9.77. The van der Waals surface area contributed by atoms with E-state index < -0.39 is 18.0 Å². The highest BCUT2D eigenvalue weighted by Crippen LogP contribution is 2.46.